The molecular formula is C18H27F5IN5. The van der Waals surface area contributed by atoms with E-state index in [4.69, 9.17) is 0 Å². The molecule has 0 spiro atoms. The van der Waals surface area contributed by atoms with Crippen LogP contribution in [0.1, 0.15) is 12.8 Å². The maximum absolute atomic E-state index is 13.9. The molecule has 1 saturated heterocycles. The van der Waals surface area contributed by atoms with Gasteiger partial charge in [-0.2, -0.15) is 13.2 Å². The number of anilines is 1. The molecule has 0 aliphatic carbocycles. The molecule has 2 N–H and O–H groups in total. The Balaban J connectivity index is 0.00000420. The van der Waals surface area contributed by atoms with Crippen LogP contribution >= 0.6 is 24.0 Å². The lowest BCUT2D eigenvalue weighted by atomic mass is 10.2. The molecule has 1 atom stereocenters. The van der Waals surface area contributed by atoms with E-state index in [0.717, 1.165) is 0 Å². The monoisotopic (exact) mass is 535 g/mol. The standard InChI is InChI=1S/C18H26F5N5.HI/c1-24-17(25-8-4-9-27(2)12-18(21,22)23)26-13-7-10-28(11-13)16-14(19)5-3-6-15(16)20;/h3,5-6,13H,4,7-12H2,1-2H3,(H2,24,25,26);1H. The Hall–Kier alpha value is -1.37. The van der Waals surface area contributed by atoms with Gasteiger partial charge < -0.3 is 15.5 Å². The zero-order valence-electron chi connectivity index (χ0n) is 16.4. The highest BCUT2D eigenvalue weighted by Gasteiger charge is 2.29. The summed E-state index contributed by atoms with van der Waals surface area (Å²) in [5.41, 5.74) is -0.0255. The van der Waals surface area contributed by atoms with Gasteiger partial charge in [0.15, 0.2) is 5.96 Å². The molecule has 29 heavy (non-hydrogen) atoms. The van der Waals surface area contributed by atoms with Gasteiger partial charge in [-0.25, -0.2) is 8.78 Å². The zero-order valence-corrected chi connectivity index (χ0v) is 18.7. The van der Waals surface area contributed by atoms with Gasteiger partial charge in [0.2, 0.25) is 0 Å². The fourth-order valence-corrected chi connectivity index (χ4v) is 3.20. The summed E-state index contributed by atoms with van der Waals surface area (Å²) in [4.78, 5) is 6.97. The van der Waals surface area contributed by atoms with Crippen LogP contribution in [0.3, 0.4) is 0 Å². The molecule has 1 aliphatic rings. The average molecular weight is 535 g/mol. The summed E-state index contributed by atoms with van der Waals surface area (Å²) in [6, 6.07) is 3.75. The number of guanidine groups is 1. The number of halogens is 6. The van der Waals surface area contributed by atoms with E-state index in [-0.39, 0.29) is 35.7 Å². The van der Waals surface area contributed by atoms with Crippen molar-refractivity contribution in [3.05, 3.63) is 29.8 Å². The Kier molecular flexibility index (Phi) is 10.4. The zero-order chi connectivity index (χ0) is 20.7. The largest absolute Gasteiger partial charge is 0.401 e. The number of nitrogens with zero attached hydrogens (tertiary/aromatic N) is 3. The molecule has 0 aromatic heterocycles. The predicted octanol–water partition coefficient (Wildman–Crippen LogP) is 3.21. The van der Waals surface area contributed by atoms with Crippen molar-refractivity contribution in [1.82, 2.24) is 15.5 Å². The van der Waals surface area contributed by atoms with Crippen molar-refractivity contribution in [1.29, 1.82) is 0 Å². The summed E-state index contributed by atoms with van der Waals surface area (Å²) in [7, 11) is 3.02. The number of rotatable bonds is 7. The van der Waals surface area contributed by atoms with Crippen molar-refractivity contribution >= 4 is 35.6 Å². The smallest absolute Gasteiger partial charge is 0.365 e. The van der Waals surface area contributed by atoms with Crippen molar-refractivity contribution in [2.24, 2.45) is 4.99 Å². The minimum atomic E-state index is -4.20. The van der Waals surface area contributed by atoms with Gasteiger partial charge in [-0.05, 0) is 38.6 Å². The van der Waals surface area contributed by atoms with E-state index in [2.05, 4.69) is 15.6 Å². The van der Waals surface area contributed by atoms with E-state index in [1.54, 1.807) is 11.9 Å². The first-order valence-corrected chi connectivity index (χ1v) is 9.11. The third kappa shape index (κ3) is 8.49. The molecule has 1 aliphatic heterocycles. The molecule has 11 heteroatoms. The second-order valence-corrected chi connectivity index (χ2v) is 6.85. The minimum absolute atomic E-state index is 0. The molecule has 1 aromatic carbocycles. The molecule has 0 amide bonds. The average Bonchev–Trinajstić information content (AvgIpc) is 3.04. The van der Waals surface area contributed by atoms with Gasteiger partial charge in [-0.15, -0.1) is 24.0 Å². The topological polar surface area (TPSA) is 42.9 Å². The third-order valence-electron chi connectivity index (χ3n) is 4.46. The van der Waals surface area contributed by atoms with E-state index >= 15 is 0 Å². The summed E-state index contributed by atoms with van der Waals surface area (Å²) in [6.45, 7) is 0.750. The lowest BCUT2D eigenvalue weighted by Crippen LogP contribution is -2.45. The van der Waals surface area contributed by atoms with Crippen LogP contribution in [-0.2, 0) is 0 Å². The van der Waals surface area contributed by atoms with Crippen LogP contribution in [0.25, 0.3) is 0 Å². The second-order valence-electron chi connectivity index (χ2n) is 6.85. The lowest BCUT2D eigenvalue weighted by Gasteiger charge is -2.22. The number of para-hydroxylation sites is 1. The summed E-state index contributed by atoms with van der Waals surface area (Å²) >= 11 is 0. The summed E-state index contributed by atoms with van der Waals surface area (Å²) in [6.07, 6.45) is -3.00. The Labute approximate surface area is 184 Å². The number of aliphatic imine (C=N–C) groups is 1. The summed E-state index contributed by atoms with van der Waals surface area (Å²) in [5.74, 6) is -0.670. The SMILES string of the molecule is CN=C(NCCCN(C)CC(F)(F)F)NC1CCN(c2c(F)cccc2F)C1.I. The van der Waals surface area contributed by atoms with E-state index < -0.39 is 24.4 Å². The number of hydrogen-bond donors (Lipinski definition) is 2. The first kappa shape index (κ1) is 25.7. The van der Waals surface area contributed by atoms with Crippen molar-refractivity contribution in [2.75, 3.05) is 51.7 Å². The Morgan fingerprint density at radius 3 is 2.52 bits per heavy atom. The van der Waals surface area contributed by atoms with Gasteiger partial charge in [0.05, 0.1) is 6.54 Å². The molecule has 0 radical (unpaired) electrons. The van der Waals surface area contributed by atoms with Crippen LogP contribution in [0.5, 0.6) is 0 Å². The first-order chi connectivity index (χ1) is 13.2. The number of alkyl halides is 3. The molecule has 1 fully saturated rings. The molecule has 166 valence electrons. The van der Waals surface area contributed by atoms with Crippen LogP contribution in [0.2, 0.25) is 0 Å². The van der Waals surface area contributed by atoms with E-state index in [1.807, 2.05) is 0 Å². The van der Waals surface area contributed by atoms with Gasteiger partial charge in [0.1, 0.15) is 17.3 Å². The highest BCUT2D eigenvalue weighted by molar-refractivity contribution is 14.0. The Morgan fingerprint density at radius 2 is 1.93 bits per heavy atom. The van der Waals surface area contributed by atoms with Gasteiger partial charge in [0.25, 0.3) is 0 Å². The first-order valence-electron chi connectivity index (χ1n) is 9.11. The number of hydrogen-bond acceptors (Lipinski definition) is 3. The van der Waals surface area contributed by atoms with Gasteiger partial charge in [0, 0.05) is 32.7 Å². The molecule has 1 heterocycles. The highest BCUT2D eigenvalue weighted by atomic mass is 127. The molecule has 1 aromatic rings. The Bertz CT molecular complexity index is 650. The van der Waals surface area contributed by atoms with Crippen LogP contribution in [0.15, 0.2) is 23.2 Å². The molecule has 2 rings (SSSR count). The number of nitrogens with one attached hydrogen (secondary N) is 2. The maximum Gasteiger partial charge on any atom is 0.401 e. The summed E-state index contributed by atoms with van der Waals surface area (Å²) in [5, 5.41) is 6.25. The van der Waals surface area contributed by atoms with Crippen LogP contribution in [0.4, 0.5) is 27.6 Å². The molecule has 1 unspecified atom stereocenters. The third-order valence-corrected chi connectivity index (χ3v) is 4.46. The molecular weight excluding hydrogens is 508 g/mol. The van der Waals surface area contributed by atoms with Gasteiger partial charge >= 0.3 is 6.18 Å². The van der Waals surface area contributed by atoms with Gasteiger partial charge in [-0.1, -0.05) is 6.07 Å². The highest BCUT2D eigenvalue weighted by Crippen LogP contribution is 2.26. The quantitative estimate of drug-likeness (QED) is 0.185. The van der Waals surface area contributed by atoms with Gasteiger partial charge in [-0.3, -0.25) is 9.89 Å². The van der Waals surface area contributed by atoms with Crippen molar-refractivity contribution in [3.8, 4) is 0 Å². The lowest BCUT2D eigenvalue weighted by molar-refractivity contribution is -0.143. The normalized spacial score (nSPS) is 17.4. The fourth-order valence-electron chi connectivity index (χ4n) is 3.20. The van der Waals surface area contributed by atoms with Crippen LogP contribution < -0.4 is 15.5 Å². The fraction of sp³-hybridized carbons (Fsp3) is 0.611. The van der Waals surface area contributed by atoms with Crippen LogP contribution in [0, 0.1) is 11.6 Å². The van der Waals surface area contributed by atoms with E-state index in [9.17, 15) is 22.0 Å². The predicted molar refractivity (Wildman–Crippen MR) is 115 cm³/mol. The number of benzene rings is 1. The van der Waals surface area contributed by atoms with E-state index in [0.29, 0.717) is 45.0 Å². The molecule has 0 bridgehead atoms. The minimum Gasteiger partial charge on any atom is -0.365 e. The Morgan fingerprint density at radius 1 is 1.28 bits per heavy atom. The second kappa shape index (κ2) is 11.7. The maximum atomic E-state index is 13.9. The molecule has 5 nitrogen and oxygen atoms in total. The van der Waals surface area contributed by atoms with E-state index in [1.165, 1.54) is 30.1 Å². The van der Waals surface area contributed by atoms with Crippen molar-refractivity contribution < 1.29 is 22.0 Å². The molecule has 0 saturated carbocycles. The summed E-state index contributed by atoms with van der Waals surface area (Å²) < 4.78 is 64.7. The van der Waals surface area contributed by atoms with Crippen molar-refractivity contribution in [3.63, 3.8) is 0 Å². The van der Waals surface area contributed by atoms with Crippen molar-refractivity contribution in [2.45, 2.75) is 25.1 Å². The van der Waals surface area contributed by atoms with Crippen LogP contribution in [-0.4, -0.2) is 69.9 Å².